The van der Waals surface area contributed by atoms with E-state index in [9.17, 15) is 56.8 Å². The fourth-order valence-electron chi connectivity index (χ4n) is 4.07. The van der Waals surface area contributed by atoms with Gasteiger partial charge in [-0.3, -0.25) is 27.4 Å². The minimum atomic E-state index is -4.00. The van der Waals surface area contributed by atoms with Gasteiger partial charge in [-0.05, 0) is 77.0 Å². The predicted octanol–water partition coefficient (Wildman–Crippen LogP) is 12.5. The molecule has 0 unspecified atom stereocenters. The second kappa shape index (κ2) is 66.9. The van der Waals surface area contributed by atoms with Crippen molar-refractivity contribution in [1.82, 2.24) is 0 Å². The average Bonchev–Trinajstić information content (AvgIpc) is 3.35. The molecule has 0 atom stereocenters. The first kappa shape index (κ1) is 94.0. The van der Waals surface area contributed by atoms with E-state index in [2.05, 4.69) is 54.3 Å². The molecule has 486 valence electrons. The topological polar surface area (TPSA) is 352 Å². The Kier molecular flexibility index (Phi) is 79.6. The molecule has 0 aliphatic carbocycles. The maximum absolute atomic E-state index is 11.0. The van der Waals surface area contributed by atoms with E-state index in [-0.39, 0.29) is 100 Å². The third-order valence-corrected chi connectivity index (χ3v) is 15.0. The molecule has 0 fully saturated rings. The van der Waals surface area contributed by atoms with Crippen molar-refractivity contribution >= 4 is 46.9 Å². The molecule has 0 aromatic heterocycles. The third kappa shape index (κ3) is 88.2. The van der Waals surface area contributed by atoms with E-state index in [1.165, 1.54) is 0 Å². The summed E-state index contributed by atoms with van der Waals surface area (Å²) in [6.45, 7) is 26.3. The fourth-order valence-corrected chi connectivity index (χ4v) is 8.75. The fraction of sp³-hybridized carbons (Fsp3) is 1.00. The van der Waals surface area contributed by atoms with E-state index in [1.807, 2.05) is 83.1 Å². The zero-order chi connectivity index (χ0) is 60.9. The van der Waals surface area contributed by atoms with Crippen molar-refractivity contribution < 1.29 is 132 Å². The molecule has 0 amide bonds. The van der Waals surface area contributed by atoms with Gasteiger partial charge in [-0.1, -0.05) is 160 Å². The summed E-state index contributed by atoms with van der Waals surface area (Å²) in [4.78, 5) is 65.8. The summed E-state index contributed by atoms with van der Waals surface area (Å²) in [6.07, 6.45) is 19.8. The van der Waals surface area contributed by atoms with Gasteiger partial charge in [0.1, 0.15) is 0 Å². The van der Waals surface area contributed by atoms with Crippen molar-refractivity contribution in [3.05, 3.63) is 0 Å². The van der Waals surface area contributed by atoms with Crippen LogP contribution in [0, 0.1) is 0 Å². The number of phosphoric acid groups is 6. The Balaban J connectivity index is -0.000000157. The maximum Gasteiger partial charge on any atom is 0.267 e. The van der Waals surface area contributed by atoms with Gasteiger partial charge in [0.2, 0.25) is 0 Å². The molecule has 0 heterocycles. The van der Waals surface area contributed by atoms with Crippen LogP contribution in [0.1, 0.15) is 237 Å². The molecule has 0 spiro atoms. The normalized spacial score (nSPS) is 11.8. The van der Waals surface area contributed by atoms with Crippen LogP contribution in [-0.4, -0.2) is 79.3 Å². The van der Waals surface area contributed by atoms with E-state index >= 15 is 0 Å². The van der Waals surface area contributed by atoms with Gasteiger partial charge in [0, 0.05) is 21.1 Å². The average molecular weight is 1440 g/mol. The molecule has 0 N–H and O–H groups in total. The molecule has 0 rings (SSSR count). The van der Waals surface area contributed by atoms with Crippen molar-refractivity contribution in [2.24, 2.45) is 0 Å². The second-order valence-electron chi connectivity index (χ2n) is 16.9. The first-order chi connectivity index (χ1) is 36.7. The standard InChI is InChI=1S/6C8H19O4P.W/c6*1-3-5-7-11-13(9,10)12-8-6-4-2;/h6*3-8H2,1-2H3,(H,9,10);/p-6. The molecule has 0 bridgehead atoms. The number of hydrogen-bond acceptors (Lipinski definition) is 24. The van der Waals surface area contributed by atoms with E-state index in [0.29, 0.717) is 0 Å². The smallest absolute Gasteiger partial charge is 0.267 e. The van der Waals surface area contributed by atoms with E-state index in [1.54, 1.807) is 0 Å². The Morgan fingerprint density at radius 2 is 0.253 bits per heavy atom. The number of unbranched alkanes of at least 4 members (excludes halogenated alkanes) is 12. The van der Waals surface area contributed by atoms with E-state index < -0.39 is 46.9 Å². The number of hydrogen-bond donors (Lipinski definition) is 0. The van der Waals surface area contributed by atoms with Crippen LogP contribution in [0.4, 0.5) is 0 Å². The third-order valence-electron chi connectivity index (χ3n) is 8.97. The Bertz CT molecular complexity index is 1160. The Hall–Kier alpha value is 1.35. The first-order valence-electron chi connectivity index (χ1n) is 28.3. The van der Waals surface area contributed by atoms with Crippen LogP contribution in [0.15, 0.2) is 0 Å². The van der Waals surface area contributed by atoms with Crippen LogP contribution in [0.3, 0.4) is 0 Å². The van der Waals surface area contributed by atoms with Crippen molar-refractivity contribution in [1.29, 1.82) is 0 Å². The van der Waals surface area contributed by atoms with E-state index in [4.69, 9.17) is 0 Å². The van der Waals surface area contributed by atoms with E-state index in [0.717, 1.165) is 154 Å². The van der Waals surface area contributed by atoms with Gasteiger partial charge in [-0.15, -0.1) is 0 Å². The summed E-state index contributed by atoms with van der Waals surface area (Å²) in [6, 6.07) is 0. The molecule has 0 radical (unpaired) electrons. The quantitative estimate of drug-likeness (QED) is 0.0403. The molecule has 0 saturated carbocycles. The second-order valence-corrected chi connectivity index (χ2v) is 25.4. The van der Waals surface area contributed by atoms with Crippen molar-refractivity contribution in [3.63, 3.8) is 0 Å². The summed E-state index contributed by atoms with van der Waals surface area (Å²) in [5.74, 6) is 0. The predicted molar refractivity (Wildman–Crippen MR) is 296 cm³/mol. The van der Waals surface area contributed by atoms with Crippen molar-refractivity contribution in [2.75, 3.05) is 79.3 Å². The summed E-state index contributed by atoms with van der Waals surface area (Å²) >= 11 is 0. The minimum absolute atomic E-state index is 0. The molecule has 31 heteroatoms. The van der Waals surface area contributed by atoms with Gasteiger partial charge < -0.3 is 83.6 Å². The molecule has 79 heavy (non-hydrogen) atoms. The zero-order valence-corrected chi connectivity index (χ0v) is 58.6. The SMILES string of the molecule is CCCCOP(=O)([O-])OCCCC.CCCCOP(=O)([O-])OCCCC.CCCCOP(=O)([O-])OCCCC.CCCCOP(=O)([O-])OCCCC.CCCCOP(=O)([O-])OCCCC.CCCCOP(=O)([O-])OCCCC.[W]. The molecular weight excluding hydrogens is 1330 g/mol. The molecule has 0 aromatic carbocycles. The Morgan fingerprint density at radius 3 is 0.304 bits per heavy atom. The summed E-state index contributed by atoms with van der Waals surface area (Å²) in [7, 11) is -24.0. The van der Waals surface area contributed by atoms with Crippen LogP contribution < -0.4 is 29.4 Å². The van der Waals surface area contributed by atoms with Gasteiger partial charge in [-0.2, -0.15) is 0 Å². The van der Waals surface area contributed by atoms with Crippen LogP contribution in [-0.2, 0) is 103 Å². The zero-order valence-electron chi connectivity index (χ0n) is 50.3. The van der Waals surface area contributed by atoms with Gasteiger partial charge in [0.15, 0.2) is 0 Å². The first-order valence-corrected chi connectivity index (χ1v) is 37.1. The summed E-state index contributed by atoms with van der Waals surface area (Å²) < 4.78 is 121. The van der Waals surface area contributed by atoms with Crippen molar-refractivity contribution in [3.8, 4) is 0 Å². The van der Waals surface area contributed by atoms with Crippen LogP contribution in [0.25, 0.3) is 0 Å². The molecule has 0 aliphatic heterocycles. The van der Waals surface area contributed by atoms with Crippen molar-refractivity contribution in [2.45, 2.75) is 237 Å². The summed E-state index contributed by atoms with van der Waals surface area (Å²) in [5.41, 5.74) is 0. The number of rotatable bonds is 48. The van der Waals surface area contributed by atoms with Crippen LogP contribution >= 0.6 is 46.9 Å². The molecule has 24 nitrogen and oxygen atoms in total. The molecule has 0 aromatic rings. The minimum Gasteiger partial charge on any atom is -0.756 e. The molecule has 0 aliphatic rings. The number of phosphoric ester groups is 6. The molecule has 0 saturated heterocycles. The largest absolute Gasteiger partial charge is 0.756 e. The maximum atomic E-state index is 11.0. The van der Waals surface area contributed by atoms with Gasteiger partial charge in [-0.25, -0.2) is 0 Å². The summed E-state index contributed by atoms with van der Waals surface area (Å²) in [5, 5.41) is 0. The molecular formula is C48H108O24P6W-6. The Morgan fingerprint density at radius 1 is 0.190 bits per heavy atom. The van der Waals surface area contributed by atoms with Gasteiger partial charge >= 0.3 is 0 Å². The van der Waals surface area contributed by atoms with Crippen LogP contribution in [0.5, 0.6) is 0 Å². The van der Waals surface area contributed by atoms with Gasteiger partial charge in [0.05, 0.1) is 79.3 Å². The van der Waals surface area contributed by atoms with Gasteiger partial charge in [0.25, 0.3) is 46.9 Å². The Labute approximate surface area is 493 Å². The van der Waals surface area contributed by atoms with Crippen LogP contribution in [0.2, 0.25) is 0 Å². The monoisotopic (exact) mass is 1440 g/mol.